The van der Waals surface area contributed by atoms with E-state index in [4.69, 9.17) is 0 Å². The first-order valence-electron chi connectivity index (χ1n) is 8.19. The number of rotatable bonds is 4. The van der Waals surface area contributed by atoms with Gasteiger partial charge < -0.3 is 0 Å². The Morgan fingerprint density at radius 2 is 1.85 bits per heavy atom. The van der Waals surface area contributed by atoms with E-state index in [0.29, 0.717) is 5.41 Å². The molecular formula is C19H31N. The summed E-state index contributed by atoms with van der Waals surface area (Å²) in [6.07, 6.45) is 1.33. The van der Waals surface area contributed by atoms with Crippen molar-refractivity contribution < 1.29 is 0 Å². The Balaban J connectivity index is 1.98. The molecule has 1 heterocycles. The molecule has 2 rings (SSSR count). The fraction of sp³-hybridized carbons (Fsp3) is 0.684. The number of nitrogens with zero attached hydrogens (tertiary/aromatic N) is 1. The normalized spacial score (nSPS) is 29.6. The first kappa shape index (κ1) is 15.6. The molecule has 3 atom stereocenters. The van der Waals surface area contributed by atoms with Crippen molar-refractivity contribution in [3.05, 3.63) is 35.9 Å². The third-order valence-electron chi connectivity index (χ3n) is 5.91. The zero-order valence-corrected chi connectivity index (χ0v) is 13.9. The second kappa shape index (κ2) is 6.30. The van der Waals surface area contributed by atoms with Crippen LogP contribution in [0.5, 0.6) is 0 Å². The van der Waals surface area contributed by atoms with Crippen molar-refractivity contribution in [2.45, 2.75) is 47.6 Å². The van der Waals surface area contributed by atoms with E-state index in [1.165, 1.54) is 25.1 Å². The predicted molar refractivity (Wildman–Crippen MR) is 87.6 cm³/mol. The van der Waals surface area contributed by atoms with Crippen molar-refractivity contribution in [1.82, 2.24) is 4.90 Å². The Morgan fingerprint density at radius 1 is 1.20 bits per heavy atom. The SMILES string of the molecule is CC(C)C(C)C1(C)CCN(Cc2ccccc2)CC1C. The highest BCUT2D eigenvalue weighted by molar-refractivity contribution is 5.14. The number of hydrogen-bond acceptors (Lipinski definition) is 1. The summed E-state index contributed by atoms with van der Waals surface area (Å²) >= 11 is 0. The summed E-state index contributed by atoms with van der Waals surface area (Å²) in [5.41, 5.74) is 1.95. The van der Waals surface area contributed by atoms with Crippen molar-refractivity contribution >= 4 is 0 Å². The Morgan fingerprint density at radius 3 is 2.40 bits per heavy atom. The van der Waals surface area contributed by atoms with Gasteiger partial charge in [0.05, 0.1) is 0 Å². The molecule has 0 aliphatic carbocycles. The molecule has 0 amide bonds. The molecule has 112 valence electrons. The molecule has 1 aliphatic heterocycles. The average molecular weight is 273 g/mol. The van der Waals surface area contributed by atoms with Gasteiger partial charge in [-0.1, -0.05) is 65.0 Å². The monoisotopic (exact) mass is 273 g/mol. The second-order valence-electron chi connectivity index (χ2n) is 7.41. The van der Waals surface area contributed by atoms with Gasteiger partial charge >= 0.3 is 0 Å². The molecule has 1 aromatic rings. The average Bonchev–Trinajstić information content (AvgIpc) is 2.43. The summed E-state index contributed by atoms with van der Waals surface area (Å²) in [5, 5.41) is 0. The number of benzene rings is 1. The Kier molecular flexibility index (Phi) is 4.90. The first-order chi connectivity index (χ1) is 9.43. The van der Waals surface area contributed by atoms with E-state index in [2.05, 4.69) is 69.9 Å². The summed E-state index contributed by atoms with van der Waals surface area (Å²) in [6, 6.07) is 10.9. The van der Waals surface area contributed by atoms with E-state index in [9.17, 15) is 0 Å². The van der Waals surface area contributed by atoms with E-state index in [1.54, 1.807) is 0 Å². The molecule has 0 bridgehead atoms. The zero-order chi connectivity index (χ0) is 14.8. The van der Waals surface area contributed by atoms with Gasteiger partial charge in [-0.25, -0.2) is 0 Å². The molecule has 1 heteroatoms. The molecule has 3 unspecified atom stereocenters. The maximum Gasteiger partial charge on any atom is 0.0233 e. The van der Waals surface area contributed by atoms with Gasteiger partial charge in [-0.3, -0.25) is 4.90 Å². The Hall–Kier alpha value is -0.820. The summed E-state index contributed by atoms with van der Waals surface area (Å²) in [4.78, 5) is 2.63. The summed E-state index contributed by atoms with van der Waals surface area (Å²) in [5.74, 6) is 2.36. The van der Waals surface area contributed by atoms with E-state index in [1.807, 2.05) is 0 Å². The van der Waals surface area contributed by atoms with Crippen LogP contribution in [0.15, 0.2) is 30.3 Å². The standard InChI is InChI=1S/C19H31N/c1-15(2)17(4)19(5)11-12-20(13-16(19)3)14-18-9-7-6-8-10-18/h6-10,15-17H,11-14H2,1-5H3. The topological polar surface area (TPSA) is 3.24 Å². The first-order valence-corrected chi connectivity index (χ1v) is 8.19. The lowest BCUT2D eigenvalue weighted by atomic mass is 9.62. The quantitative estimate of drug-likeness (QED) is 0.759. The molecular weight excluding hydrogens is 242 g/mol. The molecule has 0 saturated carbocycles. The van der Waals surface area contributed by atoms with Crippen LogP contribution in [0.3, 0.4) is 0 Å². The van der Waals surface area contributed by atoms with Gasteiger partial charge in [0.25, 0.3) is 0 Å². The molecule has 20 heavy (non-hydrogen) atoms. The molecule has 1 aliphatic rings. The molecule has 1 aromatic carbocycles. The van der Waals surface area contributed by atoms with Gasteiger partial charge in [0, 0.05) is 13.1 Å². The van der Waals surface area contributed by atoms with Crippen molar-refractivity contribution in [2.24, 2.45) is 23.2 Å². The summed E-state index contributed by atoms with van der Waals surface area (Å²) in [7, 11) is 0. The van der Waals surface area contributed by atoms with E-state index >= 15 is 0 Å². The lowest BCUT2D eigenvalue weighted by Crippen LogP contribution is -2.48. The largest absolute Gasteiger partial charge is 0.299 e. The lowest BCUT2D eigenvalue weighted by Gasteiger charge is -2.49. The van der Waals surface area contributed by atoms with Gasteiger partial charge in [-0.2, -0.15) is 0 Å². The van der Waals surface area contributed by atoms with E-state index in [-0.39, 0.29) is 0 Å². The molecule has 1 saturated heterocycles. The summed E-state index contributed by atoms with van der Waals surface area (Å²) in [6.45, 7) is 15.8. The smallest absolute Gasteiger partial charge is 0.0233 e. The van der Waals surface area contributed by atoms with Crippen LogP contribution in [0, 0.1) is 23.2 Å². The minimum Gasteiger partial charge on any atom is -0.299 e. The predicted octanol–water partition coefficient (Wildman–Crippen LogP) is 4.83. The maximum atomic E-state index is 2.63. The van der Waals surface area contributed by atoms with Gasteiger partial charge in [0.15, 0.2) is 0 Å². The fourth-order valence-corrected chi connectivity index (χ4v) is 3.76. The highest BCUT2D eigenvalue weighted by Gasteiger charge is 2.41. The van der Waals surface area contributed by atoms with Gasteiger partial charge in [0.1, 0.15) is 0 Å². The number of piperidine rings is 1. The maximum absolute atomic E-state index is 2.63. The third-order valence-corrected chi connectivity index (χ3v) is 5.91. The molecule has 1 fully saturated rings. The summed E-state index contributed by atoms with van der Waals surface area (Å²) < 4.78 is 0. The highest BCUT2D eigenvalue weighted by atomic mass is 15.1. The van der Waals surface area contributed by atoms with Crippen molar-refractivity contribution in [1.29, 1.82) is 0 Å². The van der Waals surface area contributed by atoms with Crippen molar-refractivity contribution in [2.75, 3.05) is 13.1 Å². The Labute approximate surface area is 125 Å². The molecule has 0 radical (unpaired) electrons. The van der Waals surface area contributed by atoms with Crippen LogP contribution in [-0.2, 0) is 6.54 Å². The molecule has 0 N–H and O–H groups in total. The number of hydrogen-bond donors (Lipinski definition) is 0. The van der Waals surface area contributed by atoms with E-state index in [0.717, 1.165) is 24.3 Å². The van der Waals surface area contributed by atoms with Crippen LogP contribution in [0.4, 0.5) is 0 Å². The highest BCUT2D eigenvalue weighted by Crippen LogP contribution is 2.45. The van der Waals surface area contributed by atoms with Crippen LogP contribution >= 0.6 is 0 Å². The lowest BCUT2D eigenvalue weighted by molar-refractivity contribution is -0.00575. The van der Waals surface area contributed by atoms with Gasteiger partial charge in [-0.05, 0) is 41.7 Å². The minimum atomic E-state index is 0.501. The molecule has 1 nitrogen and oxygen atoms in total. The molecule has 0 aromatic heterocycles. The fourth-order valence-electron chi connectivity index (χ4n) is 3.76. The molecule has 0 spiro atoms. The van der Waals surface area contributed by atoms with Crippen molar-refractivity contribution in [3.8, 4) is 0 Å². The van der Waals surface area contributed by atoms with Crippen LogP contribution < -0.4 is 0 Å². The second-order valence-corrected chi connectivity index (χ2v) is 7.41. The van der Waals surface area contributed by atoms with Crippen LogP contribution in [-0.4, -0.2) is 18.0 Å². The van der Waals surface area contributed by atoms with Gasteiger partial charge in [-0.15, -0.1) is 0 Å². The van der Waals surface area contributed by atoms with Gasteiger partial charge in [0.2, 0.25) is 0 Å². The minimum absolute atomic E-state index is 0.501. The van der Waals surface area contributed by atoms with Crippen LogP contribution in [0.1, 0.15) is 46.6 Å². The van der Waals surface area contributed by atoms with E-state index < -0.39 is 0 Å². The number of likely N-dealkylation sites (tertiary alicyclic amines) is 1. The third kappa shape index (κ3) is 3.25. The zero-order valence-electron chi connectivity index (χ0n) is 13.9. The Bertz CT molecular complexity index is 411. The van der Waals surface area contributed by atoms with Crippen LogP contribution in [0.2, 0.25) is 0 Å². The van der Waals surface area contributed by atoms with Crippen LogP contribution in [0.25, 0.3) is 0 Å². The van der Waals surface area contributed by atoms with Crippen molar-refractivity contribution in [3.63, 3.8) is 0 Å².